The number of rotatable bonds is 6. The van der Waals surface area contributed by atoms with E-state index in [0.29, 0.717) is 0 Å². The molecule has 8 nitrogen and oxygen atoms in total. The lowest BCUT2D eigenvalue weighted by Crippen LogP contribution is -2.27. The minimum atomic E-state index is -5.80. The van der Waals surface area contributed by atoms with Gasteiger partial charge in [-0.05, 0) is 42.5 Å². The van der Waals surface area contributed by atoms with Crippen LogP contribution < -0.4 is 8.92 Å². The highest BCUT2D eigenvalue weighted by molar-refractivity contribution is 7.88. The second-order valence-corrected chi connectivity index (χ2v) is 6.82. The van der Waals surface area contributed by atoms with Gasteiger partial charge in [0, 0.05) is 0 Å². The average molecular weight is 434 g/mol. The lowest BCUT2D eigenvalue weighted by Gasteiger charge is -2.11. The fourth-order valence-electron chi connectivity index (χ4n) is 2.00. The van der Waals surface area contributed by atoms with E-state index in [1.165, 1.54) is 18.2 Å². The van der Waals surface area contributed by atoms with Gasteiger partial charge in [0.2, 0.25) is 0 Å². The summed E-state index contributed by atoms with van der Waals surface area (Å²) in [6, 6.07) is 7.87. The number of methoxy groups -OCH3 is 2. The van der Waals surface area contributed by atoms with Crippen LogP contribution in [-0.4, -0.2) is 40.1 Å². The van der Waals surface area contributed by atoms with Crippen LogP contribution in [0.25, 0.3) is 0 Å². The Hall–Kier alpha value is -3.28. The molecule has 0 spiro atoms. The lowest BCUT2D eigenvalue weighted by atomic mass is 10.1. The number of alkyl halides is 3. The van der Waals surface area contributed by atoms with Gasteiger partial charge in [-0.2, -0.15) is 21.6 Å². The molecule has 2 aromatic rings. The predicted octanol–water partition coefficient (Wildman–Crippen LogP) is 3.28. The Balaban J connectivity index is 2.27. The number of hydrogen-bond donors (Lipinski definition) is 0. The summed E-state index contributed by atoms with van der Waals surface area (Å²) in [6.07, 6.45) is 0. The van der Waals surface area contributed by atoms with Gasteiger partial charge in [0.15, 0.2) is 0 Å². The smallest absolute Gasteiger partial charge is 0.465 e. The molecule has 0 atom stereocenters. The van der Waals surface area contributed by atoms with Crippen molar-refractivity contribution in [3.8, 4) is 17.2 Å². The van der Waals surface area contributed by atoms with Crippen LogP contribution in [0, 0.1) is 0 Å². The molecule has 2 aromatic carbocycles. The molecular formula is C17H13F3O8S. The summed E-state index contributed by atoms with van der Waals surface area (Å²) in [5.41, 5.74) is -5.59. The van der Waals surface area contributed by atoms with Crippen molar-refractivity contribution in [3.63, 3.8) is 0 Å². The Kier molecular flexibility index (Phi) is 6.37. The van der Waals surface area contributed by atoms with Crippen LogP contribution in [0.1, 0.15) is 20.7 Å². The molecule has 0 aromatic heterocycles. The van der Waals surface area contributed by atoms with E-state index in [4.69, 9.17) is 4.74 Å². The maximum atomic E-state index is 12.3. The van der Waals surface area contributed by atoms with Crippen LogP contribution in [0.4, 0.5) is 13.2 Å². The zero-order valence-corrected chi connectivity index (χ0v) is 15.7. The monoisotopic (exact) mass is 434 g/mol. The van der Waals surface area contributed by atoms with Crippen molar-refractivity contribution in [2.45, 2.75) is 5.51 Å². The van der Waals surface area contributed by atoms with E-state index in [-0.39, 0.29) is 22.6 Å². The van der Waals surface area contributed by atoms with E-state index in [9.17, 15) is 31.2 Å². The molecule has 0 heterocycles. The molecule has 0 saturated carbocycles. The minimum Gasteiger partial charge on any atom is -0.465 e. The average Bonchev–Trinajstić information content (AvgIpc) is 2.66. The van der Waals surface area contributed by atoms with Gasteiger partial charge in [-0.3, -0.25) is 0 Å². The molecule has 0 aliphatic carbocycles. The topological polar surface area (TPSA) is 105 Å². The Labute approximate surface area is 162 Å². The minimum absolute atomic E-state index is 0.0124. The van der Waals surface area contributed by atoms with E-state index in [2.05, 4.69) is 13.7 Å². The van der Waals surface area contributed by atoms with Gasteiger partial charge in [-0.25, -0.2) is 9.59 Å². The second kappa shape index (κ2) is 8.39. The highest BCUT2D eigenvalue weighted by Gasteiger charge is 2.48. The molecule has 12 heteroatoms. The Bertz CT molecular complexity index is 980. The van der Waals surface area contributed by atoms with Crippen LogP contribution in [0.5, 0.6) is 17.2 Å². The first kappa shape index (κ1) is 22.0. The zero-order valence-electron chi connectivity index (χ0n) is 14.8. The molecule has 0 aliphatic heterocycles. The summed E-state index contributed by atoms with van der Waals surface area (Å²) in [5.74, 6) is -2.01. The van der Waals surface area contributed by atoms with Crippen LogP contribution in [0.2, 0.25) is 0 Å². The number of benzene rings is 2. The molecule has 156 valence electrons. The first-order chi connectivity index (χ1) is 13.5. The highest BCUT2D eigenvalue weighted by Crippen LogP contribution is 2.30. The van der Waals surface area contributed by atoms with Gasteiger partial charge in [0.1, 0.15) is 17.2 Å². The molecule has 0 radical (unpaired) electrons. The Morgan fingerprint density at radius 3 is 1.66 bits per heavy atom. The molecule has 0 bridgehead atoms. The highest BCUT2D eigenvalue weighted by atomic mass is 32.2. The molecule has 0 unspecified atom stereocenters. The molecule has 0 amide bonds. The van der Waals surface area contributed by atoms with E-state index < -0.39 is 33.3 Å². The van der Waals surface area contributed by atoms with E-state index >= 15 is 0 Å². The largest absolute Gasteiger partial charge is 0.534 e. The summed E-state index contributed by atoms with van der Waals surface area (Å²) >= 11 is 0. The fourth-order valence-corrected chi connectivity index (χ4v) is 2.46. The van der Waals surface area contributed by atoms with Gasteiger partial charge in [-0.15, -0.1) is 0 Å². The molecule has 0 saturated heterocycles. The molecule has 0 aliphatic rings. The molecule has 29 heavy (non-hydrogen) atoms. The summed E-state index contributed by atoms with van der Waals surface area (Å²) in [4.78, 5) is 23.5. The number of carbonyl (C=O) groups excluding carboxylic acids is 2. The maximum Gasteiger partial charge on any atom is 0.534 e. The summed E-state index contributed by atoms with van der Waals surface area (Å²) < 4.78 is 77.6. The molecule has 2 rings (SSSR count). The zero-order chi connectivity index (χ0) is 21.8. The SMILES string of the molecule is COC(=O)c1cc(Oc2ccc(OS(=O)(=O)C(F)(F)F)cc2)cc(C(=O)OC)c1. The van der Waals surface area contributed by atoms with Crippen molar-refractivity contribution in [2.75, 3.05) is 14.2 Å². The van der Waals surface area contributed by atoms with E-state index in [0.717, 1.165) is 38.5 Å². The second-order valence-electron chi connectivity index (χ2n) is 5.29. The van der Waals surface area contributed by atoms with Gasteiger partial charge in [-0.1, -0.05) is 0 Å². The van der Waals surface area contributed by atoms with Gasteiger partial charge in [0.25, 0.3) is 0 Å². The molecule has 0 fully saturated rings. The van der Waals surface area contributed by atoms with Crippen molar-refractivity contribution in [1.82, 2.24) is 0 Å². The summed E-state index contributed by atoms with van der Waals surface area (Å²) in [5, 5.41) is 0. The third kappa shape index (κ3) is 5.38. The summed E-state index contributed by atoms with van der Waals surface area (Å²) in [6.45, 7) is 0. The van der Waals surface area contributed by atoms with Crippen LogP contribution in [0.3, 0.4) is 0 Å². The van der Waals surface area contributed by atoms with Crippen molar-refractivity contribution in [3.05, 3.63) is 53.6 Å². The van der Waals surface area contributed by atoms with Crippen molar-refractivity contribution >= 4 is 22.1 Å². The number of carbonyl (C=O) groups is 2. The van der Waals surface area contributed by atoms with Crippen LogP contribution in [0.15, 0.2) is 42.5 Å². The van der Waals surface area contributed by atoms with Gasteiger partial charge < -0.3 is 18.4 Å². The van der Waals surface area contributed by atoms with Crippen molar-refractivity contribution in [1.29, 1.82) is 0 Å². The van der Waals surface area contributed by atoms with Crippen molar-refractivity contribution in [2.24, 2.45) is 0 Å². The van der Waals surface area contributed by atoms with Crippen LogP contribution >= 0.6 is 0 Å². The van der Waals surface area contributed by atoms with E-state index in [1.807, 2.05) is 0 Å². The van der Waals surface area contributed by atoms with Crippen LogP contribution in [-0.2, 0) is 19.6 Å². The normalized spacial score (nSPS) is 11.5. The number of esters is 2. The molecule has 0 N–H and O–H groups in total. The fraction of sp³-hybridized carbons (Fsp3) is 0.176. The predicted molar refractivity (Wildman–Crippen MR) is 91.2 cm³/mol. The first-order valence-corrected chi connectivity index (χ1v) is 8.98. The third-order valence-electron chi connectivity index (χ3n) is 3.30. The maximum absolute atomic E-state index is 12.3. The molecular weight excluding hydrogens is 421 g/mol. The van der Waals surface area contributed by atoms with Gasteiger partial charge >= 0.3 is 27.6 Å². The lowest BCUT2D eigenvalue weighted by molar-refractivity contribution is -0.0500. The third-order valence-corrected chi connectivity index (χ3v) is 4.28. The van der Waals surface area contributed by atoms with E-state index in [1.54, 1.807) is 0 Å². The number of halogens is 3. The number of ether oxygens (including phenoxy) is 3. The Morgan fingerprint density at radius 1 is 0.793 bits per heavy atom. The summed E-state index contributed by atoms with van der Waals surface area (Å²) in [7, 11) is -3.52. The standard InChI is InChI=1S/C17H13F3O8S/c1-25-15(21)10-7-11(16(22)26-2)9-14(8-10)27-12-3-5-13(6-4-12)28-29(23,24)17(18,19)20/h3-9H,1-2H3. The number of hydrogen-bond acceptors (Lipinski definition) is 8. The van der Waals surface area contributed by atoms with Crippen molar-refractivity contribution < 1.29 is 49.6 Å². The quantitative estimate of drug-likeness (QED) is 0.388. The first-order valence-electron chi connectivity index (χ1n) is 7.57. The van der Waals surface area contributed by atoms with Gasteiger partial charge in [0.05, 0.1) is 25.3 Å². The Morgan fingerprint density at radius 2 is 1.24 bits per heavy atom.